The fourth-order valence-corrected chi connectivity index (χ4v) is 5.02. The molecular formula is C25H20Cl2N4S. The standard InChI is InChI=1S/C25H20Cl2N4S/c1-16-7-10-18(11-8-16)31-24(23(29-25(31)32)20-5-2-3-13-28-20)22-6-4-14-30(22)21-12-9-17(26)15-19(21)27/h2-15,23-24H,1H3,(H,29,32)/t23-,24-/m1/s1. The van der Waals surface area contributed by atoms with Gasteiger partial charge in [0.25, 0.3) is 0 Å². The molecule has 160 valence electrons. The highest BCUT2D eigenvalue weighted by atomic mass is 35.5. The second-order valence-corrected chi connectivity index (χ2v) is 8.96. The van der Waals surface area contributed by atoms with E-state index < -0.39 is 0 Å². The number of halogens is 2. The molecular weight excluding hydrogens is 459 g/mol. The first-order valence-corrected chi connectivity index (χ1v) is 11.4. The summed E-state index contributed by atoms with van der Waals surface area (Å²) in [5.74, 6) is 0. The highest BCUT2D eigenvalue weighted by Crippen LogP contribution is 2.42. The topological polar surface area (TPSA) is 33.1 Å². The number of nitrogens with zero attached hydrogens (tertiary/aromatic N) is 3. The van der Waals surface area contributed by atoms with Crippen molar-refractivity contribution in [3.05, 3.63) is 112 Å². The first-order valence-electron chi connectivity index (χ1n) is 10.2. The van der Waals surface area contributed by atoms with E-state index >= 15 is 0 Å². The molecule has 0 bridgehead atoms. The van der Waals surface area contributed by atoms with Gasteiger partial charge in [0.1, 0.15) is 6.04 Å². The van der Waals surface area contributed by atoms with Gasteiger partial charge in [-0.1, -0.05) is 47.0 Å². The van der Waals surface area contributed by atoms with Crippen molar-refractivity contribution in [1.82, 2.24) is 14.9 Å². The Morgan fingerprint density at radius 2 is 1.78 bits per heavy atom. The Morgan fingerprint density at radius 3 is 2.50 bits per heavy atom. The summed E-state index contributed by atoms with van der Waals surface area (Å²) in [4.78, 5) is 6.78. The molecule has 0 spiro atoms. The SMILES string of the molecule is Cc1ccc(N2C(=S)N[C@H](c3ccccn3)[C@H]2c2cccn2-c2ccc(Cl)cc2Cl)cc1. The molecule has 4 aromatic rings. The average Bonchev–Trinajstić information content (AvgIpc) is 3.39. The quantitative estimate of drug-likeness (QED) is 0.332. The third-order valence-electron chi connectivity index (χ3n) is 5.66. The van der Waals surface area contributed by atoms with Gasteiger partial charge in [0.2, 0.25) is 0 Å². The highest BCUT2D eigenvalue weighted by molar-refractivity contribution is 7.80. The van der Waals surface area contributed by atoms with E-state index in [9.17, 15) is 0 Å². The van der Waals surface area contributed by atoms with Gasteiger partial charge >= 0.3 is 0 Å². The number of benzene rings is 2. The second-order valence-electron chi connectivity index (χ2n) is 7.73. The van der Waals surface area contributed by atoms with Crippen molar-refractivity contribution in [1.29, 1.82) is 0 Å². The molecule has 0 aliphatic carbocycles. The lowest BCUT2D eigenvalue weighted by atomic mass is 10.0. The first-order chi connectivity index (χ1) is 15.5. The Kier molecular flexibility index (Phi) is 5.64. The van der Waals surface area contributed by atoms with E-state index in [-0.39, 0.29) is 12.1 Å². The van der Waals surface area contributed by atoms with Crippen molar-refractivity contribution in [3.8, 4) is 5.69 Å². The van der Waals surface area contributed by atoms with E-state index in [2.05, 4.69) is 57.0 Å². The van der Waals surface area contributed by atoms with Crippen LogP contribution in [0.5, 0.6) is 0 Å². The highest BCUT2D eigenvalue weighted by Gasteiger charge is 2.42. The van der Waals surface area contributed by atoms with Crippen LogP contribution in [0.2, 0.25) is 10.0 Å². The van der Waals surface area contributed by atoms with Crippen molar-refractivity contribution in [3.63, 3.8) is 0 Å². The molecule has 5 rings (SSSR count). The number of hydrogen-bond acceptors (Lipinski definition) is 2. The number of thiocarbonyl (C=S) groups is 1. The third-order valence-corrected chi connectivity index (χ3v) is 6.52. The summed E-state index contributed by atoms with van der Waals surface area (Å²) < 4.78 is 2.09. The van der Waals surface area contributed by atoms with Gasteiger partial charge in [-0.2, -0.15) is 0 Å². The summed E-state index contributed by atoms with van der Waals surface area (Å²) in [5, 5.41) is 5.34. The summed E-state index contributed by atoms with van der Waals surface area (Å²) in [6.07, 6.45) is 3.81. The fourth-order valence-electron chi connectivity index (χ4n) is 4.17. The minimum Gasteiger partial charge on any atom is -0.351 e. The van der Waals surface area contributed by atoms with E-state index in [0.29, 0.717) is 15.2 Å². The van der Waals surface area contributed by atoms with E-state index in [0.717, 1.165) is 22.8 Å². The maximum Gasteiger partial charge on any atom is 0.174 e. The summed E-state index contributed by atoms with van der Waals surface area (Å²) in [5.41, 5.74) is 5.03. The van der Waals surface area contributed by atoms with Gasteiger partial charge in [-0.25, -0.2) is 0 Å². The maximum absolute atomic E-state index is 6.58. The monoisotopic (exact) mass is 478 g/mol. The van der Waals surface area contributed by atoms with Crippen LogP contribution >= 0.6 is 35.4 Å². The van der Waals surface area contributed by atoms with Crippen LogP contribution < -0.4 is 10.2 Å². The lowest BCUT2D eigenvalue weighted by Gasteiger charge is -2.29. The van der Waals surface area contributed by atoms with E-state index in [1.165, 1.54) is 5.56 Å². The summed E-state index contributed by atoms with van der Waals surface area (Å²) in [7, 11) is 0. The number of aryl methyl sites for hydroxylation is 1. The molecule has 7 heteroatoms. The average molecular weight is 479 g/mol. The van der Waals surface area contributed by atoms with Gasteiger partial charge in [0, 0.05) is 28.8 Å². The van der Waals surface area contributed by atoms with E-state index in [4.69, 9.17) is 35.4 Å². The Bertz CT molecular complexity index is 1270. The van der Waals surface area contributed by atoms with Crippen LogP contribution in [0.15, 0.2) is 85.2 Å². The molecule has 0 radical (unpaired) electrons. The molecule has 0 unspecified atom stereocenters. The zero-order valence-corrected chi connectivity index (χ0v) is 19.6. The molecule has 1 aliphatic rings. The molecule has 2 atom stereocenters. The molecule has 0 amide bonds. The van der Waals surface area contributed by atoms with Crippen LogP contribution in [0.3, 0.4) is 0 Å². The number of nitrogens with one attached hydrogen (secondary N) is 1. The molecule has 3 heterocycles. The number of rotatable bonds is 4. The molecule has 1 fully saturated rings. The molecule has 1 aliphatic heterocycles. The van der Waals surface area contributed by atoms with Crippen LogP contribution in [-0.4, -0.2) is 14.7 Å². The predicted molar refractivity (Wildman–Crippen MR) is 135 cm³/mol. The zero-order chi connectivity index (χ0) is 22.2. The predicted octanol–water partition coefficient (Wildman–Crippen LogP) is 6.66. The summed E-state index contributed by atoms with van der Waals surface area (Å²) >= 11 is 18.5. The van der Waals surface area contributed by atoms with Crippen molar-refractivity contribution in [2.24, 2.45) is 0 Å². The van der Waals surface area contributed by atoms with Crippen LogP contribution in [0.1, 0.15) is 29.0 Å². The van der Waals surface area contributed by atoms with Crippen molar-refractivity contribution in [2.45, 2.75) is 19.0 Å². The lowest BCUT2D eigenvalue weighted by molar-refractivity contribution is 0.549. The normalized spacial score (nSPS) is 18.1. The van der Waals surface area contributed by atoms with E-state index in [1.54, 1.807) is 12.3 Å². The van der Waals surface area contributed by atoms with Gasteiger partial charge in [-0.15, -0.1) is 0 Å². The van der Waals surface area contributed by atoms with Gasteiger partial charge in [0.15, 0.2) is 5.11 Å². The molecule has 2 aromatic carbocycles. The van der Waals surface area contributed by atoms with Crippen LogP contribution in [-0.2, 0) is 0 Å². The van der Waals surface area contributed by atoms with Crippen LogP contribution in [0.4, 0.5) is 5.69 Å². The molecule has 32 heavy (non-hydrogen) atoms. The van der Waals surface area contributed by atoms with Crippen LogP contribution in [0, 0.1) is 6.92 Å². The zero-order valence-electron chi connectivity index (χ0n) is 17.2. The van der Waals surface area contributed by atoms with Crippen molar-refractivity contribution < 1.29 is 0 Å². The minimum atomic E-state index is -0.137. The molecule has 1 saturated heterocycles. The van der Waals surface area contributed by atoms with Crippen LogP contribution in [0.25, 0.3) is 5.69 Å². The van der Waals surface area contributed by atoms with Gasteiger partial charge in [0.05, 0.1) is 22.4 Å². The minimum absolute atomic E-state index is 0.135. The Hall–Kier alpha value is -2.86. The Balaban J connectivity index is 1.68. The number of anilines is 1. The summed E-state index contributed by atoms with van der Waals surface area (Å²) in [6, 6.07) is 23.7. The van der Waals surface area contributed by atoms with Gasteiger partial charge in [-0.05, 0) is 73.7 Å². The van der Waals surface area contributed by atoms with E-state index in [1.807, 2.05) is 42.6 Å². The summed E-state index contributed by atoms with van der Waals surface area (Å²) in [6.45, 7) is 2.08. The molecule has 0 saturated carbocycles. The third kappa shape index (κ3) is 3.77. The number of aromatic nitrogens is 2. The van der Waals surface area contributed by atoms with Crippen molar-refractivity contribution >= 4 is 46.2 Å². The number of pyridine rings is 1. The number of hydrogen-bond donors (Lipinski definition) is 1. The lowest BCUT2D eigenvalue weighted by Crippen LogP contribution is -2.30. The maximum atomic E-state index is 6.58. The van der Waals surface area contributed by atoms with Gasteiger partial charge < -0.3 is 14.8 Å². The first kappa shape index (κ1) is 21.0. The smallest absolute Gasteiger partial charge is 0.174 e. The largest absolute Gasteiger partial charge is 0.351 e. The molecule has 4 nitrogen and oxygen atoms in total. The fraction of sp³-hybridized carbons (Fsp3) is 0.120. The molecule has 1 N–H and O–H groups in total. The molecule has 2 aromatic heterocycles. The van der Waals surface area contributed by atoms with Gasteiger partial charge in [-0.3, -0.25) is 4.98 Å². The second kappa shape index (κ2) is 8.58. The Labute approximate surface area is 202 Å². The Morgan fingerprint density at radius 1 is 0.969 bits per heavy atom. The van der Waals surface area contributed by atoms with Crippen molar-refractivity contribution in [2.75, 3.05) is 4.90 Å².